The summed E-state index contributed by atoms with van der Waals surface area (Å²) in [6, 6.07) is 1.62. The molecule has 0 aliphatic carbocycles. The Balaban J connectivity index is 3.22. The number of hydrogen-bond donors (Lipinski definition) is 4. The lowest BCUT2D eigenvalue weighted by molar-refractivity contribution is -0.125. The molecular weight excluding hydrogens is 266 g/mol. The highest BCUT2D eigenvalue weighted by atomic mass is 16.3. The number of aliphatic hydroxyl groups is 1. The molecule has 0 heterocycles. The van der Waals surface area contributed by atoms with E-state index >= 15 is 0 Å². The number of aliphatic hydroxyl groups excluding tert-OH is 1. The van der Waals surface area contributed by atoms with Crippen LogP contribution in [0, 0.1) is 0 Å². The van der Waals surface area contributed by atoms with Crippen molar-refractivity contribution < 1.29 is 30.0 Å². The Hall–Kier alpha value is -2.54. The van der Waals surface area contributed by atoms with Gasteiger partial charge in [0.25, 0.3) is 11.8 Å². The van der Waals surface area contributed by atoms with Gasteiger partial charge in [-0.2, -0.15) is 0 Å². The number of carbonyl (C=O) groups excluding carboxylic acids is 2. The third-order valence-corrected chi connectivity index (χ3v) is 2.50. The smallest absolute Gasteiger partial charge is 0.264 e. The van der Waals surface area contributed by atoms with Gasteiger partial charge in [0.1, 0.15) is 5.75 Å². The molecule has 1 aromatic rings. The topological polar surface area (TPSA) is 118 Å². The third-order valence-electron chi connectivity index (χ3n) is 2.50. The fraction of sp³-hybridized carbons (Fsp3) is 0.231. The number of amides is 2. The van der Waals surface area contributed by atoms with Crippen molar-refractivity contribution in [3.63, 3.8) is 0 Å². The van der Waals surface area contributed by atoms with Gasteiger partial charge < -0.3 is 20.4 Å². The van der Waals surface area contributed by atoms with Crippen molar-refractivity contribution in [1.82, 2.24) is 4.90 Å². The first-order valence-electron chi connectivity index (χ1n) is 5.67. The summed E-state index contributed by atoms with van der Waals surface area (Å²) >= 11 is 0. The van der Waals surface area contributed by atoms with Gasteiger partial charge in [0.2, 0.25) is 0 Å². The molecule has 0 aliphatic rings. The van der Waals surface area contributed by atoms with Crippen molar-refractivity contribution in [2.45, 2.75) is 6.92 Å². The number of hydrogen-bond acceptors (Lipinski definition) is 6. The first kappa shape index (κ1) is 15.5. The molecule has 7 nitrogen and oxygen atoms in total. The third kappa shape index (κ3) is 3.07. The highest BCUT2D eigenvalue weighted by Crippen LogP contribution is 2.32. The zero-order valence-corrected chi connectivity index (χ0v) is 10.8. The van der Waals surface area contributed by atoms with Crippen LogP contribution in [0.1, 0.15) is 17.3 Å². The molecule has 0 unspecified atom stereocenters. The van der Waals surface area contributed by atoms with Crippen LogP contribution >= 0.6 is 0 Å². The molecular formula is C13H15NO6. The Morgan fingerprint density at radius 1 is 1.15 bits per heavy atom. The van der Waals surface area contributed by atoms with Gasteiger partial charge >= 0.3 is 0 Å². The van der Waals surface area contributed by atoms with E-state index in [0.717, 1.165) is 12.1 Å². The quantitative estimate of drug-likeness (QED) is 0.359. The van der Waals surface area contributed by atoms with Gasteiger partial charge in [0.05, 0.1) is 18.7 Å². The van der Waals surface area contributed by atoms with E-state index in [1.54, 1.807) is 0 Å². The van der Waals surface area contributed by atoms with Gasteiger partial charge in [0, 0.05) is 17.7 Å². The molecule has 0 spiro atoms. The van der Waals surface area contributed by atoms with Crippen molar-refractivity contribution in [3.05, 3.63) is 29.8 Å². The lowest BCUT2D eigenvalue weighted by Crippen LogP contribution is -2.39. The SMILES string of the molecule is C=C(C)C(=O)N(CCO)C(=O)c1cc(O)c(O)cc1O. The van der Waals surface area contributed by atoms with Crippen LogP contribution in [0.4, 0.5) is 0 Å². The fourth-order valence-electron chi connectivity index (χ4n) is 1.51. The minimum atomic E-state index is -0.917. The molecule has 0 saturated carbocycles. The van der Waals surface area contributed by atoms with Crippen molar-refractivity contribution in [3.8, 4) is 17.2 Å². The summed E-state index contributed by atoms with van der Waals surface area (Å²) in [7, 11) is 0. The zero-order chi connectivity index (χ0) is 15.4. The number of phenols is 3. The maximum absolute atomic E-state index is 12.2. The maximum atomic E-state index is 12.2. The summed E-state index contributed by atoms with van der Waals surface area (Å²) in [6.45, 7) is 4.06. The van der Waals surface area contributed by atoms with Crippen molar-refractivity contribution >= 4 is 11.8 Å². The molecule has 0 radical (unpaired) electrons. The van der Waals surface area contributed by atoms with Crippen molar-refractivity contribution in [1.29, 1.82) is 0 Å². The monoisotopic (exact) mass is 281 g/mol. The number of aromatic hydroxyl groups is 3. The Morgan fingerprint density at radius 3 is 2.20 bits per heavy atom. The summed E-state index contributed by atoms with van der Waals surface area (Å²) < 4.78 is 0. The molecule has 108 valence electrons. The minimum Gasteiger partial charge on any atom is -0.507 e. The van der Waals surface area contributed by atoms with Crippen molar-refractivity contribution in [2.75, 3.05) is 13.2 Å². The number of rotatable bonds is 4. The molecule has 1 rings (SSSR count). The van der Waals surface area contributed by atoms with E-state index in [1.165, 1.54) is 6.92 Å². The predicted molar refractivity (Wildman–Crippen MR) is 69.4 cm³/mol. The van der Waals surface area contributed by atoms with Crippen molar-refractivity contribution in [2.24, 2.45) is 0 Å². The molecule has 0 aromatic heterocycles. The zero-order valence-electron chi connectivity index (χ0n) is 10.8. The molecule has 0 bridgehead atoms. The highest BCUT2D eigenvalue weighted by molar-refractivity contribution is 6.10. The Morgan fingerprint density at radius 2 is 1.70 bits per heavy atom. The van der Waals surface area contributed by atoms with E-state index in [0.29, 0.717) is 4.90 Å². The standard InChI is InChI=1S/C13H15NO6/c1-7(2)12(19)14(3-4-15)13(20)8-5-10(17)11(18)6-9(8)16/h5-6,15-18H,1,3-4H2,2H3. The summed E-state index contributed by atoms with van der Waals surface area (Å²) in [5, 5.41) is 37.1. The number of nitrogens with zero attached hydrogens (tertiary/aromatic N) is 1. The first-order chi connectivity index (χ1) is 9.29. The van der Waals surface area contributed by atoms with Crippen LogP contribution in [-0.2, 0) is 4.79 Å². The second-order valence-corrected chi connectivity index (χ2v) is 4.12. The molecule has 4 N–H and O–H groups in total. The normalized spacial score (nSPS) is 10.1. The maximum Gasteiger partial charge on any atom is 0.264 e. The van der Waals surface area contributed by atoms with Crippen LogP contribution in [0.15, 0.2) is 24.3 Å². The molecule has 0 fully saturated rings. The fourth-order valence-corrected chi connectivity index (χ4v) is 1.51. The Bertz CT molecular complexity index is 566. The first-order valence-corrected chi connectivity index (χ1v) is 5.67. The van der Waals surface area contributed by atoms with Crippen LogP contribution in [0.25, 0.3) is 0 Å². The molecule has 0 aliphatic heterocycles. The molecule has 2 amide bonds. The van der Waals surface area contributed by atoms with E-state index < -0.39 is 35.7 Å². The van der Waals surface area contributed by atoms with E-state index in [-0.39, 0.29) is 17.7 Å². The van der Waals surface area contributed by atoms with Crippen LogP contribution in [0.3, 0.4) is 0 Å². The van der Waals surface area contributed by atoms with E-state index in [9.17, 15) is 24.9 Å². The number of imide groups is 1. The van der Waals surface area contributed by atoms with Crippen LogP contribution in [-0.4, -0.2) is 50.3 Å². The average Bonchev–Trinajstić information content (AvgIpc) is 2.38. The highest BCUT2D eigenvalue weighted by Gasteiger charge is 2.26. The second kappa shape index (κ2) is 6.07. The van der Waals surface area contributed by atoms with Crippen LogP contribution in [0.5, 0.6) is 17.2 Å². The van der Waals surface area contributed by atoms with Gasteiger partial charge in [0.15, 0.2) is 11.5 Å². The largest absolute Gasteiger partial charge is 0.507 e. The number of carbonyl (C=O) groups is 2. The lowest BCUT2D eigenvalue weighted by atomic mass is 10.1. The van der Waals surface area contributed by atoms with Crippen LogP contribution in [0.2, 0.25) is 0 Å². The summed E-state index contributed by atoms with van der Waals surface area (Å²) in [5.74, 6) is -3.43. The minimum absolute atomic E-state index is 0.0780. The van der Waals surface area contributed by atoms with Gasteiger partial charge in [-0.3, -0.25) is 14.5 Å². The molecule has 0 atom stereocenters. The van der Waals surface area contributed by atoms with E-state index in [2.05, 4.69) is 6.58 Å². The summed E-state index contributed by atoms with van der Waals surface area (Å²) in [6.07, 6.45) is 0. The van der Waals surface area contributed by atoms with Gasteiger partial charge in [-0.05, 0) is 6.92 Å². The lowest BCUT2D eigenvalue weighted by Gasteiger charge is -2.20. The number of phenolic OH excluding ortho intramolecular Hbond substituents is 3. The van der Waals surface area contributed by atoms with Gasteiger partial charge in [-0.1, -0.05) is 6.58 Å². The predicted octanol–water partition coefficient (Wildman–Crippen LogP) is 0.341. The second-order valence-electron chi connectivity index (χ2n) is 4.12. The molecule has 0 saturated heterocycles. The van der Waals surface area contributed by atoms with E-state index in [4.69, 9.17) is 5.11 Å². The summed E-state index contributed by atoms with van der Waals surface area (Å²) in [4.78, 5) is 24.7. The van der Waals surface area contributed by atoms with Crippen LogP contribution < -0.4 is 0 Å². The number of benzene rings is 1. The Kier molecular flexibility index (Phi) is 4.71. The molecule has 7 heteroatoms. The van der Waals surface area contributed by atoms with Gasteiger partial charge in [-0.25, -0.2) is 0 Å². The van der Waals surface area contributed by atoms with E-state index in [1.807, 2.05) is 0 Å². The summed E-state index contributed by atoms with van der Waals surface area (Å²) in [5.41, 5.74) is -0.294. The van der Waals surface area contributed by atoms with Gasteiger partial charge in [-0.15, -0.1) is 0 Å². The average molecular weight is 281 g/mol. The molecule has 1 aromatic carbocycles. The molecule has 20 heavy (non-hydrogen) atoms. The Labute approximate surface area is 115 Å².